The van der Waals surface area contributed by atoms with E-state index in [-0.39, 0.29) is 19.6 Å². The Labute approximate surface area is 116 Å². The maximum Gasteiger partial charge on any atom is 0.410 e. The molecule has 1 aromatic carbocycles. The monoisotopic (exact) mass is 279 g/mol. The van der Waals surface area contributed by atoms with E-state index in [1.165, 1.54) is 4.90 Å². The fourth-order valence-corrected chi connectivity index (χ4v) is 1.90. The molecule has 1 aliphatic heterocycles. The van der Waals surface area contributed by atoms with E-state index in [1.54, 1.807) is 0 Å². The minimum atomic E-state index is -0.941. The number of hydrogen-bond donors (Lipinski definition) is 1. The summed E-state index contributed by atoms with van der Waals surface area (Å²) in [7, 11) is 0. The SMILES string of the molecule is O=C(CC(O)CN1CCOC1=O)OCc1ccccc1. The van der Waals surface area contributed by atoms with Crippen LogP contribution in [-0.4, -0.2) is 47.9 Å². The van der Waals surface area contributed by atoms with Gasteiger partial charge in [0.05, 0.1) is 25.6 Å². The number of rotatable bonds is 6. The molecule has 0 aromatic heterocycles. The van der Waals surface area contributed by atoms with Crippen LogP contribution in [0.2, 0.25) is 0 Å². The second-order valence-corrected chi connectivity index (χ2v) is 4.56. The van der Waals surface area contributed by atoms with Crippen molar-refractivity contribution in [1.29, 1.82) is 0 Å². The molecule has 1 heterocycles. The number of nitrogens with zero attached hydrogens (tertiary/aromatic N) is 1. The highest BCUT2D eigenvalue weighted by molar-refractivity contribution is 5.71. The van der Waals surface area contributed by atoms with E-state index in [0.29, 0.717) is 13.2 Å². The fraction of sp³-hybridized carbons (Fsp3) is 0.429. The van der Waals surface area contributed by atoms with Crippen molar-refractivity contribution < 1.29 is 24.2 Å². The van der Waals surface area contributed by atoms with Crippen LogP contribution >= 0.6 is 0 Å². The number of hydrogen-bond acceptors (Lipinski definition) is 5. The second kappa shape index (κ2) is 6.91. The number of carbonyl (C=O) groups is 2. The fourth-order valence-electron chi connectivity index (χ4n) is 1.90. The first-order valence-corrected chi connectivity index (χ1v) is 6.44. The predicted molar refractivity (Wildman–Crippen MR) is 69.8 cm³/mol. The highest BCUT2D eigenvalue weighted by Crippen LogP contribution is 2.07. The minimum absolute atomic E-state index is 0.0826. The second-order valence-electron chi connectivity index (χ2n) is 4.56. The van der Waals surface area contributed by atoms with Crippen molar-refractivity contribution in [2.75, 3.05) is 19.7 Å². The zero-order chi connectivity index (χ0) is 14.4. The standard InChI is InChI=1S/C14H17NO5/c16-12(9-15-6-7-19-14(15)18)8-13(17)20-10-11-4-2-1-3-5-11/h1-5,12,16H,6-10H2. The number of β-amino-alcohol motifs (C(OH)–C–C–N with tert-alkyl or cyclic N) is 1. The molecule has 108 valence electrons. The molecule has 2 rings (SSSR count). The number of cyclic esters (lactones) is 1. The van der Waals surface area contributed by atoms with Gasteiger partial charge in [-0.25, -0.2) is 4.79 Å². The summed E-state index contributed by atoms with van der Waals surface area (Å²) < 4.78 is 9.79. The lowest BCUT2D eigenvalue weighted by molar-refractivity contribution is -0.147. The number of carbonyl (C=O) groups excluding carboxylic acids is 2. The first-order chi connectivity index (χ1) is 9.65. The van der Waals surface area contributed by atoms with Crippen LogP contribution in [0.1, 0.15) is 12.0 Å². The van der Waals surface area contributed by atoms with E-state index in [0.717, 1.165) is 5.56 Å². The molecule has 1 N–H and O–H groups in total. The quantitative estimate of drug-likeness (QED) is 0.784. The van der Waals surface area contributed by atoms with E-state index in [2.05, 4.69) is 0 Å². The third-order valence-electron chi connectivity index (χ3n) is 2.92. The molecule has 0 spiro atoms. The first kappa shape index (κ1) is 14.3. The van der Waals surface area contributed by atoms with Crippen LogP contribution < -0.4 is 0 Å². The Morgan fingerprint density at radius 3 is 2.80 bits per heavy atom. The number of esters is 1. The molecule has 1 unspecified atom stereocenters. The highest BCUT2D eigenvalue weighted by atomic mass is 16.6. The maximum absolute atomic E-state index is 11.6. The molecule has 1 fully saturated rings. The van der Waals surface area contributed by atoms with Gasteiger partial charge in [0.1, 0.15) is 13.2 Å². The average molecular weight is 279 g/mol. The minimum Gasteiger partial charge on any atom is -0.461 e. The van der Waals surface area contributed by atoms with E-state index in [1.807, 2.05) is 30.3 Å². The molecule has 6 heteroatoms. The Bertz CT molecular complexity index is 462. The van der Waals surface area contributed by atoms with Gasteiger partial charge in [0, 0.05) is 0 Å². The lowest BCUT2D eigenvalue weighted by atomic mass is 10.2. The Balaban J connectivity index is 1.69. The van der Waals surface area contributed by atoms with Crippen molar-refractivity contribution in [2.24, 2.45) is 0 Å². The lowest BCUT2D eigenvalue weighted by Crippen LogP contribution is -2.34. The molecule has 20 heavy (non-hydrogen) atoms. The number of amides is 1. The van der Waals surface area contributed by atoms with Crippen molar-refractivity contribution in [1.82, 2.24) is 4.90 Å². The number of ether oxygens (including phenoxy) is 2. The Morgan fingerprint density at radius 2 is 2.15 bits per heavy atom. The van der Waals surface area contributed by atoms with Gasteiger partial charge in [-0.2, -0.15) is 0 Å². The summed E-state index contributed by atoms with van der Waals surface area (Å²) in [6, 6.07) is 9.30. The van der Waals surface area contributed by atoms with Crippen LogP contribution in [-0.2, 0) is 20.9 Å². The average Bonchev–Trinajstić information content (AvgIpc) is 2.83. The van der Waals surface area contributed by atoms with Crippen molar-refractivity contribution >= 4 is 12.1 Å². The van der Waals surface area contributed by atoms with Crippen LogP contribution in [0.3, 0.4) is 0 Å². The molecule has 1 aliphatic rings. The third-order valence-corrected chi connectivity index (χ3v) is 2.92. The Hall–Kier alpha value is -2.08. The Morgan fingerprint density at radius 1 is 1.40 bits per heavy atom. The number of aliphatic hydroxyl groups excluding tert-OH is 1. The molecule has 0 bridgehead atoms. The number of aliphatic hydroxyl groups is 1. The summed E-state index contributed by atoms with van der Waals surface area (Å²) in [5.41, 5.74) is 0.887. The van der Waals surface area contributed by atoms with Gasteiger partial charge >= 0.3 is 12.1 Å². The smallest absolute Gasteiger partial charge is 0.410 e. The van der Waals surface area contributed by atoms with Crippen LogP contribution in [0.5, 0.6) is 0 Å². The van der Waals surface area contributed by atoms with Gasteiger partial charge in [0.2, 0.25) is 0 Å². The summed E-state index contributed by atoms with van der Waals surface area (Å²) in [4.78, 5) is 24.1. The summed E-state index contributed by atoms with van der Waals surface area (Å²) in [5, 5.41) is 9.74. The summed E-state index contributed by atoms with van der Waals surface area (Å²) in [5.74, 6) is -0.492. The van der Waals surface area contributed by atoms with Crippen LogP contribution in [0.15, 0.2) is 30.3 Å². The Kier molecular flexibility index (Phi) is 4.95. The van der Waals surface area contributed by atoms with Crippen molar-refractivity contribution in [2.45, 2.75) is 19.1 Å². The van der Waals surface area contributed by atoms with Crippen molar-refractivity contribution in [3.8, 4) is 0 Å². The summed E-state index contributed by atoms with van der Waals surface area (Å²) in [6.45, 7) is 1.02. The lowest BCUT2D eigenvalue weighted by Gasteiger charge is -2.16. The van der Waals surface area contributed by atoms with E-state index < -0.39 is 18.2 Å². The van der Waals surface area contributed by atoms with E-state index in [4.69, 9.17) is 9.47 Å². The van der Waals surface area contributed by atoms with Gasteiger partial charge in [0.25, 0.3) is 0 Å². The molecule has 1 saturated heterocycles. The van der Waals surface area contributed by atoms with Crippen molar-refractivity contribution in [3.05, 3.63) is 35.9 Å². The van der Waals surface area contributed by atoms with Crippen LogP contribution in [0, 0.1) is 0 Å². The topological polar surface area (TPSA) is 76.1 Å². The normalized spacial score (nSPS) is 15.8. The zero-order valence-corrected chi connectivity index (χ0v) is 11.0. The molecule has 0 radical (unpaired) electrons. The zero-order valence-electron chi connectivity index (χ0n) is 11.0. The number of benzene rings is 1. The third kappa shape index (κ3) is 4.24. The van der Waals surface area contributed by atoms with Crippen LogP contribution in [0.4, 0.5) is 4.79 Å². The van der Waals surface area contributed by atoms with Gasteiger partial charge in [0.15, 0.2) is 0 Å². The molecule has 1 atom stereocenters. The van der Waals surface area contributed by atoms with Gasteiger partial charge in [-0.1, -0.05) is 30.3 Å². The molecule has 6 nitrogen and oxygen atoms in total. The van der Waals surface area contributed by atoms with Gasteiger partial charge in [-0.15, -0.1) is 0 Å². The molecule has 1 amide bonds. The summed E-state index contributed by atoms with van der Waals surface area (Å²) >= 11 is 0. The molecule has 1 aromatic rings. The van der Waals surface area contributed by atoms with Crippen molar-refractivity contribution in [3.63, 3.8) is 0 Å². The van der Waals surface area contributed by atoms with E-state index >= 15 is 0 Å². The molecular formula is C14H17NO5. The molecule has 0 aliphatic carbocycles. The first-order valence-electron chi connectivity index (χ1n) is 6.44. The van der Waals surface area contributed by atoms with E-state index in [9.17, 15) is 14.7 Å². The van der Waals surface area contributed by atoms with Gasteiger partial charge in [-0.05, 0) is 5.56 Å². The largest absolute Gasteiger partial charge is 0.461 e. The van der Waals surface area contributed by atoms with Crippen LogP contribution in [0.25, 0.3) is 0 Å². The highest BCUT2D eigenvalue weighted by Gasteiger charge is 2.25. The summed E-state index contributed by atoms with van der Waals surface area (Å²) in [6.07, 6.45) is -1.54. The molecule has 0 saturated carbocycles. The van der Waals surface area contributed by atoms with Gasteiger partial charge in [-0.3, -0.25) is 4.79 Å². The predicted octanol–water partition coefficient (Wildman–Crippen LogP) is 0.933. The van der Waals surface area contributed by atoms with Gasteiger partial charge < -0.3 is 19.5 Å². The molecular weight excluding hydrogens is 262 g/mol. The maximum atomic E-state index is 11.6.